The highest BCUT2D eigenvalue weighted by molar-refractivity contribution is 7.89. The smallest absolute Gasteiger partial charge is 0.338 e. The molecule has 0 aliphatic carbocycles. The normalized spacial score (nSPS) is 11.6. The molecule has 0 atom stereocenters. The second kappa shape index (κ2) is 4.80. The van der Waals surface area contributed by atoms with E-state index in [-0.39, 0.29) is 11.7 Å². The van der Waals surface area contributed by atoms with E-state index >= 15 is 0 Å². The van der Waals surface area contributed by atoms with Gasteiger partial charge in [-0.05, 0) is 32.0 Å². The Bertz CT molecular complexity index is 539. The van der Waals surface area contributed by atoms with Crippen LogP contribution in [0, 0.1) is 5.82 Å². The average Bonchev–Trinajstić information content (AvgIpc) is 2.15. The molecule has 0 unspecified atom stereocenters. The van der Waals surface area contributed by atoms with Crippen LogP contribution in [-0.2, 0) is 14.8 Å². The quantitative estimate of drug-likeness (QED) is 0.823. The maximum Gasteiger partial charge on any atom is 0.338 e. The van der Waals surface area contributed by atoms with Crippen molar-refractivity contribution in [1.29, 1.82) is 0 Å². The van der Waals surface area contributed by atoms with Crippen molar-refractivity contribution in [1.82, 2.24) is 0 Å². The van der Waals surface area contributed by atoms with Gasteiger partial charge in [0.05, 0.1) is 11.7 Å². The number of rotatable bonds is 3. The van der Waals surface area contributed by atoms with E-state index in [1.807, 2.05) is 0 Å². The molecule has 0 amide bonds. The summed E-state index contributed by atoms with van der Waals surface area (Å²) >= 11 is 0. The molecular weight excluding hydrogens is 249 g/mol. The lowest BCUT2D eigenvalue weighted by atomic mass is 10.2. The van der Waals surface area contributed by atoms with Gasteiger partial charge < -0.3 is 4.74 Å². The number of carbonyl (C=O) groups excluding carboxylic acids is 1. The van der Waals surface area contributed by atoms with E-state index < -0.39 is 26.7 Å². The molecule has 2 N–H and O–H groups in total. The molecule has 0 spiro atoms. The Morgan fingerprint density at radius 3 is 2.47 bits per heavy atom. The SMILES string of the molecule is CC(C)OC(=O)c1ccc(F)c(S(N)(=O)=O)c1. The molecule has 0 aliphatic heterocycles. The fraction of sp³-hybridized carbons (Fsp3) is 0.300. The Labute approximate surface area is 98.4 Å². The molecular formula is C10H12FNO4S. The number of benzene rings is 1. The molecule has 0 heterocycles. The molecule has 0 bridgehead atoms. The molecule has 7 heteroatoms. The Morgan fingerprint density at radius 1 is 1.41 bits per heavy atom. The second-order valence-corrected chi connectivity index (χ2v) is 5.17. The number of hydrogen-bond acceptors (Lipinski definition) is 4. The summed E-state index contributed by atoms with van der Waals surface area (Å²) in [5, 5.41) is 4.81. The van der Waals surface area contributed by atoms with Crippen molar-refractivity contribution in [2.24, 2.45) is 5.14 Å². The maximum atomic E-state index is 13.2. The van der Waals surface area contributed by atoms with Gasteiger partial charge in [0, 0.05) is 0 Å². The van der Waals surface area contributed by atoms with Gasteiger partial charge in [0.25, 0.3) is 0 Å². The van der Waals surface area contributed by atoms with Crippen LogP contribution in [0.25, 0.3) is 0 Å². The van der Waals surface area contributed by atoms with Crippen LogP contribution in [-0.4, -0.2) is 20.5 Å². The first-order chi connectivity index (χ1) is 7.71. The Kier molecular flexibility index (Phi) is 3.84. The second-order valence-electron chi connectivity index (χ2n) is 3.64. The Morgan fingerprint density at radius 2 is 2.00 bits per heavy atom. The highest BCUT2D eigenvalue weighted by Gasteiger charge is 2.18. The molecule has 17 heavy (non-hydrogen) atoms. The van der Waals surface area contributed by atoms with Gasteiger partial charge in [0.15, 0.2) is 0 Å². The summed E-state index contributed by atoms with van der Waals surface area (Å²) in [4.78, 5) is 10.7. The number of carbonyl (C=O) groups is 1. The van der Waals surface area contributed by atoms with Gasteiger partial charge >= 0.3 is 5.97 Å². The molecule has 5 nitrogen and oxygen atoms in total. The molecule has 0 radical (unpaired) electrons. The third kappa shape index (κ3) is 3.50. The lowest BCUT2D eigenvalue weighted by Gasteiger charge is -2.08. The van der Waals surface area contributed by atoms with Gasteiger partial charge in [0.1, 0.15) is 10.7 Å². The van der Waals surface area contributed by atoms with Crippen molar-refractivity contribution >= 4 is 16.0 Å². The van der Waals surface area contributed by atoms with Gasteiger partial charge in [-0.3, -0.25) is 0 Å². The number of hydrogen-bond donors (Lipinski definition) is 1. The van der Waals surface area contributed by atoms with Crippen LogP contribution < -0.4 is 5.14 Å². The number of nitrogens with two attached hydrogens (primary N) is 1. The van der Waals surface area contributed by atoms with E-state index in [4.69, 9.17) is 9.88 Å². The maximum absolute atomic E-state index is 13.2. The van der Waals surface area contributed by atoms with E-state index in [0.29, 0.717) is 0 Å². The summed E-state index contributed by atoms with van der Waals surface area (Å²) in [5.41, 5.74) is -0.0656. The summed E-state index contributed by atoms with van der Waals surface area (Å²) in [6, 6.07) is 2.85. The summed E-state index contributed by atoms with van der Waals surface area (Å²) < 4.78 is 40.1. The number of sulfonamides is 1. The van der Waals surface area contributed by atoms with Gasteiger partial charge in [-0.2, -0.15) is 0 Å². The van der Waals surface area contributed by atoms with Gasteiger partial charge in [-0.25, -0.2) is 22.7 Å². The van der Waals surface area contributed by atoms with Crippen LogP contribution >= 0.6 is 0 Å². The number of primary sulfonamides is 1. The first-order valence-corrected chi connectivity index (χ1v) is 6.30. The molecule has 1 rings (SSSR count). The monoisotopic (exact) mass is 261 g/mol. The van der Waals surface area contributed by atoms with Crippen LogP contribution in [0.5, 0.6) is 0 Å². The number of halogens is 1. The van der Waals surface area contributed by atoms with Crippen molar-refractivity contribution in [2.45, 2.75) is 24.8 Å². The van der Waals surface area contributed by atoms with Gasteiger partial charge in [0.2, 0.25) is 10.0 Å². The first kappa shape index (κ1) is 13.6. The minimum atomic E-state index is -4.20. The Balaban J connectivity index is 3.18. The first-order valence-electron chi connectivity index (χ1n) is 4.75. The average molecular weight is 261 g/mol. The molecule has 1 aromatic carbocycles. The highest BCUT2D eigenvalue weighted by atomic mass is 32.2. The van der Waals surface area contributed by atoms with Gasteiger partial charge in [-0.1, -0.05) is 0 Å². The predicted molar refractivity (Wildman–Crippen MR) is 58.3 cm³/mol. The molecule has 0 aromatic heterocycles. The molecule has 94 valence electrons. The van der Waals surface area contributed by atoms with Crippen LogP contribution in [0.2, 0.25) is 0 Å². The topological polar surface area (TPSA) is 86.5 Å². The summed E-state index contributed by atoms with van der Waals surface area (Å²) in [5.74, 6) is -1.74. The third-order valence-corrected chi connectivity index (χ3v) is 2.74. The fourth-order valence-electron chi connectivity index (χ4n) is 1.13. The van der Waals surface area contributed by atoms with Crippen molar-refractivity contribution < 1.29 is 22.3 Å². The minimum Gasteiger partial charge on any atom is -0.459 e. The summed E-state index contributed by atoms with van der Waals surface area (Å²) in [7, 11) is -4.20. The van der Waals surface area contributed by atoms with E-state index in [2.05, 4.69) is 0 Å². The minimum absolute atomic E-state index is 0.0656. The molecule has 0 saturated carbocycles. The van der Waals surface area contributed by atoms with E-state index in [1.165, 1.54) is 0 Å². The standard InChI is InChI=1S/C10H12FNO4S/c1-6(2)16-10(13)7-3-4-8(11)9(5-7)17(12,14)15/h3-6H,1-2H3,(H2,12,14,15). The van der Waals surface area contributed by atoms with E-state index in [1.54, 1.807) is 13.8 Å². The van der Waals surface area contributed by atoms with Crippen LogP contribution in [0.3, 0.4) is 0 Å². The fourth-order valence-corrected chi connectivity index (χ4v) is 1.76. The van der Waals surface area contributed by atoms with Crippen LogP contribution in [0.1, 0.15) is 24.2 Å². The molecule has 1 aromatic rings. The van der Waals surface area contributed by atoms with Crippen molar-refractivity contribution in [3.8, 4) is 0 Å². The molecule has 0 fully saturated rings. The summed E-state index contributed by atoms with van der Waals surface area (Å²) in [6.07, 6.45) is -0.356. The number of ether oxygens (including phenoxy) is 1. The van der Waals surface area contributed by atoms with Crippen molar-refractivity contribution in [3.63, 3.8) is 0 Å². The summed E-state index contributed by atoms with van der Waals surface area (Å²) in [6.45, 7) is 3.28. The number of esters is 1. The molecule has 0 saturated heterocycles. The largest absolute Gasteiger partial charge is 0.459 e. The van der Waals surface area contributed by atoms with E-state index in [0.717, 1.165) is 18.2 Å². The van der Waals surface area contributed by atoms with Crippen LogP contribution in [0.15, 0.2) is 23.1 Å². The van der Waals surface area contributed by atoms with Gasteiger partial charge in [-0.15, -0.1) is 0 Å². The highest BCUT2D eigenvalue weighted by Crippen LogP contribution is 2.16. The predicted octanol–water partition coefficient (Wildman–Crippen LogP) is 1.04. The zero-order valence-corrected chi connectivity index (χ0v) is 10.1. The zero-order chi connectivity index (χ0) is 13.2. The lowest BCUT2D eigenvalue weighted by Crippen LogP contribution is -2.16. The Hall–Kier alpha value is -1.47. The van der Waals surface area contributed by atoms with Crippen molar-refractivity contribution in [2.75, 3.05) is 0 Å². The van der Waals surface area contributed by atoms with Crippen molar-refractivity contribution in [3.05, 3.63) is 29.6 Å². The molecule has 0 aliphatic rings. The third-order valence-electron chi connectivity index (χ3n) is 1.82. The van der Waals surface area contributed by atoms with Crippen LogP contribution in [0.4, 0.5) is 4.39 Å². The van der Waals surface area contributed by atoms with E-state index in [9.17, 15) is 17.6 Å². The lowest BCUT2D eigenvalue weighted by molar-refractivity contribution is 0.0377. The zero-order valence-electron chi connectivity index (χ0n) is 9.31.